The summed E-state index contributed by atoms with van der Waals surface area (Å²) in [5, 5.41) is 7.58. The van der Waals surface area contributed by atoms with Crippen molar-refractivity contribution in [3.05, 3.63) is 297 Å². The summed E-state index contributed by atoms with van der Waals surface area (Å²) in [7, 11) is 0. The summed E-state index contributed by atoms with van der Waals surface area (Å²) < 4.78 is 7.55. The fraction of sp³-hybridized carbons (Fsp3) is 0.0132. The molecule has 4 aromatic heterocycles. The fourth-order valence-electron chi connectivity index (χ4n) is 12.5. The van der Waals surface area contributed by atoms with Crippen LogP contribution < -0.4 is 0 Å². The molecule has 0 saturated heterocycles. The average molecular weight is 1060 g/mol. The SMILES string of the molecule is c1ccc(-c2cc(-c3ccccc3)cc(-c3nc(Cc4cc(-c5ccccc5)c(-n5c6ccccc6c6c7sc8c(ccc9c8c8ccccc8n9-c8ccccc8)c7ccc65)c(-c5ccccc5)c4)nc(-c4ccccc4)n3)c2)cc1. The van der Waals surface area contributed by atoms with E-state index in [1.54, 1.807) is 0 Å². The first-order valence-corrected chi connectivity index (χ1v) is 28.7. The van der Waals surface area contributed by atoms with Gasteiger partial charge in [0.25, 0.3) is 0 Å². The maximum atomic E-state index is 5.42. The van der Waals surface area contributed by atoms with Gasteiger partial charge in [0.15, 0.2) is 11.6 Å². The van der Waals surface area contributed by atoms with Crippen LogP contribution in [0.25, 0.3) is 142 Å². The van der Waals surface area contributed by atoms with Crippen molar-refractivity contribution in [3.8, 4) is 78.7 Å². The quantitative estimate of drug-likeness (QED) is 0.137. The largest absolute Gasteiger partial charge is 0.309 e. The van der Waals surface area contributed by atoms with Crippen LogP contribution >= 0.6 is 11.3 Å². The molecule has 0 unspecified atom stereocenters. The normalized spacial score (nSPS) is 11.7. The van der Waals surface area contributed by atoms with Gasteiger partial charge in [0.1, 0.15) is 5.82 Å². The van der Waals surface area contributed by atoms with Crippen molar-refractivity contribution in [3.63, 3.8) is 0 Å². The maximum Gasteiger partial charge on any atom is 0.163 e. The van der Waals surface area contributed by atoms with Crippen LogP contribution in [-0.4, -0.2) is 24.1 Å². The molecule has 0 aliphatic carbocycles. The summed E-state index contributed by atoms with van der Waals surface area (Å²) in [6, 6.07) is 103. The highest BCUT2D eigenvalue weighted by molar-refractivity contribution is 7.27. The molecule has 12 aromatic carbocycles. The van der Waals surface area contributed by atoms with Gasteiger partial charge in [-0.25, -0.2) is 15.0 Å². The van der Waals surface area contributed by atoms with E-state index >= 15 is 0 Å². The lowest BCUT2D eigenvalue weighted by Crippen LogP contribution is -2.06. The van der Waals surface area contributed by atoms with E-state index in [2.05, 4.69) is 276 Å². The van der Waals surface area contributed by atoms with Gasteiger partial charge in [-0.2, -0.15) is 0 Å². The zero-order valence-corrected chi connectivity index (χ0v) is 45.3. The van der Waals surface area contributed by atoms with Crippen molar-refractivity contribution in [1.82, 2.24) is 24.1 Å². The second kappa shape index (κ2) is 19.7. The highest BCUT2D eigenvalue weighted by Gasteiger charge is 2.25. The number of nitrogens with zero attached hydrogens (tertiary/aromatic N) is 5. The minimum absolute atomic E-state index is 0.462. The molecule has 384 valence electrons. The highest BCUT2D eigenvalue weighted by Crippen LogP contribution is 2.49. The lowest BCUT2D eigenvalue weighted by molar-refractivity contribution is 0.932. The fourth-order valence-corrected chi connectivity index (χ4v) is 13.9. The molecule has 4 heterocycles. The van der Waals surface area contributed by atoms with Gasteiger partial charge in [-0.3, -0.25) is 0 Å². The van der Waals surface area contributed by atoms with E-state index in [0.29, 0.717) is 23.9 Å². The monoisotopic (exact) mass is 1060 g/mol. The van der Waals surface area contributed by atoms with Crippen molar-refractivity contribution in [1.29, 1.82) is 0 Å². The number of aromatic nitrogens is 5. The van der Waals surface area contributed by atoms with Gasteiger partial charge in [0.2, 0.25) is 0 Å². The molecular weight excluding hydrogens is 1010 g/mol. The molecule has 0 aliphatic heterocycles. The van der Waals surface area contributed by atoms with E-state index in [-0.39, 0.29) is 0 Å². The van der Waals surface area contributed by atoms with E-state index in [1.165, 1.54) is 52.8 Å². The van der Waals surface area contributed by atoms with Crippen LogP contribution in [0.5, 0.6) is 0 Å². The molecule has 0 saturated carbocycles. The Morgan fingerprint density at radius 2 is 0.695 bits per heavy atom. The van der Waals surface area contributed by atoms with Gasteiger partial charge in [-0.1, -0.05) is 218 Å². The predicted octanol–water partition coefficient (Wildman–Crippen LogP) is 20.0. The zero-order valence-electron chi connectivity index (χ0n) is 44.5. The van der Waals surface area contributed by atoms with Gasteiger partial charge < -0.3 is 9.13 Å². The number of fused-ring (bicyclic) bond motifs is 11. The molecule has 6 heteroatoms. The summed E-state index contributed by atoms with van der Waals surface area (Å²) in [5.41, 5.74) is 18.9. The third kappa shape index (κ3) is 8.02. The molecule has 0 aliphatic rings. The Kier molecular flexibility index (Phi) is 11.4. The molecule has 16 aromatic rings. The molecule has 0 amide bonds. The first-order chi connectivity index (χ1) is 40.7. The average Bonchev–Trinajstić information content (AvgIpc) is 4.39. The highest BCUT2D eigenvalue weighted by atomic mass is 32.1. The van der Waals surface area contributed by atoms with Crippen LogP contribution in [0.2, 0.25) is 0 Å². The molecule has 0 radical (unpaired) electrons. The van der Waals surface area contributed by atoms with Crippen molar-refractivity contribution in [2.24, 2.45) is 0 Å². The second-order valence-corrected chi connectivity index (χ2v) is 22.1. The van der Waals surface area contributed by atoms with Crippen LogP contribution in [0.4, 0.5) is 0 Å². The first-order valence-electron chi connectivity index (χ1n) is 27.9. The van der Waals surface area contributed by atoms with Crippen molar-refractivity contribution in [2.75, 3.05) is 0 Å². The van der Waals surface area contributed by atoms with Gasteiger partial charge >= 0.3 is 0 Å². The molecule has 16 rings (SSSR count). The lowest BCUT2D eigenvalue weighted by atomic mass is 9.91. The molecule has 0 N–H and O–H groups in total. The van der Waals surface area contributed by atoms with Crippen LogP contribution in [0.3, 0.4) is 0 Å². The molecule has 0 atom stereocenters. The molecule has 0 spiro atoms. The molecule has 0 bridgehead atoms. The summed E-state index contributed by atoms with van der Waals surface area (Å²) in [6.07, 6.45) is 0.462. The van der Waals surface area contributed by atoms with Gasteiger partial charge in [-0.05, 0) is 106 Å². The minimum atomic E-state index is 0.462. The van der Waals surface area contributed by atoms with Crippen molar-refractivity contribution in [2.45, 2.75) is 6.42 Å². The van der Waals surface area contributed by atoms with Gasteiger partial charge in [0.05, 0.1) is 27.8 Å². The Morgan fingerprint density at radius 3 is 1.21 bits per heavy atom. The summed E-state index contributed by atoms with van der Waals surface area (Å²) in [5.74, 6) is 1.95. The van der Waals surface area contributed by atoms with Crippen molar-refractivity contribution >= 4 is 75.1 Å². The molecule has 5 nitrogen and oxygen atoms in total. The first kappa shape index (κ1) is 47.5. The summed E-state index contributed by atoms with van der Waals surface area (Å²) in [6.45, 7) is 0. The number of thiophene rings is 1. The van der Waals surface area contributed by atoms with Crippen molar-refractivity contribution < 1.29 is 0 Å². The van der Waals surface area contributed by atoms with Crippen LogP contribution in [0.15, 0.2) is 285 Å². The Hall–Kier alpha value is -10.5. The number of hydrogen-bond donors (Lipinski definition) is 0. The molecule has 82 heavy (non-hydrogen) atoms. The molecule has 0 fully saturated rings. The van der Waals surface area contributed by atoms with E-state index in [0.717, 1.165) is 83.6 Å². The zero-order chi connectivity index (χ0) is 54.1. The Balaban J connectivity index is 0.921. The third-order valence-electron chi connectivity index (χ3n) is 16.1. The lowest BCUT2D eigenvalue weighted by Gasteiger charge is -2.21. The Bertz CT molecular complexity index is 4970. The van der Waals surface area contributed by atoms with Crippen LogP contribution in [-0.2, 0) is 6.42 Å². The Labute approximate surface area is 478 Å². The predicted molar refractivity (Wildman–Crippen MR) is 343 cm³/mol. The minimum Gasteiger partial charge on any atom is -0.309 e. The van der Waals surface area contributed by atoms with Gasteiger partial charge in [-0.15, -0.1) is 11.3 Å². The summed E-state index contributed by atoms with van der Waals surface area (Å²) in [4.78, 5) is 16.0. The van der Waals surface area contributed by atoms with Crippen LogP contribution in [0.1, 0.15) is 11.4 Å². The summed E-state index contributed by atoms with van der Waals surface area (Å²) >= 11 is 1.92. The number of rotatable bonds is 10. The van der Waals surface area contributed by atoms with E-state index in [4.69, 9.17) is 15.0 Å². The second-order valence-electron chi connectivity index (χ2n) is 21.1. The number of para-hydroxylation sites is 3. The number of benzene rings is 12. The topological polar surface area (TPSA) is 48.5 Å². The number of hydrogen-bond acceptors (Lipinski definition) is 4. The van der Waals surface area contributed by atoms with Crippen LogP contribution in [0, 0.1) is 0 Å². The van der Waals surface area contributed by atoms with E-state index < -0.39 is 0 Å². The standard InChI is InChI=1S/C76H49N5S/c1-7-23-50(24-8-1)55-46-56(51-25-9-2-10-26-51)48-57(47-55)76-78-69(77-75(79-76)54-31-15-5-16-32-54)45-49-43-63(52-27-11-3-12-28-52)72(64(44-49)53-29-13-4-14-30-53)81-66-38-22-20-36-62(66)71-68(81)42-40-60-59-39-41-67-70(73(59)82-74(60)71)61-35-19-21-37-65(61)80(67)58-33-17-6-18-34-58/h1-44,46-48H,45H2. The molecular formula is C76H49N5S. The smallest absolute Gasteiger partial charge is 0.163 e. The van der Waals surface area contributed by atoms with Gasteiger partial charge in [0, 0.05) is 76.1 Å². The maximum absolute atomic E-state index is 5.42. The van der Waals surface area contributed by atoms with E-state index in [1.807, 2.05) is 29.5 Å². The van der Waals surface area contributed by atoms with E-state index in [9.17, 15) is 0 Å². The third-order valence-corrected chi connectivity index (χ3v) is 17.4. The Morgan fingerprint density at radius 1 is 0.293 bits per heavy atom.